The van der Waals surface area contributed by atoms with Gasteiger partial charge in [0.25, 0.3) is 5.91 Å². The van der Waals surface area contributed by atoms with Crippen molar-refractivity contribution in [1.29, 1.82) is 0 Å². The quantitative estimate of drug-likeness (QED) is 0.689. The highest BCUT2D eigenvalue weighted by Crippen LogP contribution is 2.22. The van der Waals surface area contributed by atoms with Crippen LogP contribution < -0.4 is 4.90 Å². The van der Waals surface area contributed by atoms with Crippen LogP contribution in [0.3, 0.4) is 0 Å². The Hall–Kier alpha value is -2.59. The zero-order valence-corrected chi connectivity index (χ0v) is 16.4. The summed E-state index contributed by atoms with van der Waals surface area (Å²) >= 11 is 0. The lowest BCUT2D eigenvalue weighted by Gasteiger charge is -2.34. The highest BCUT2D eigenvalue weighted by atomic mass is 16.5. The molecule has 10 nitrogen and oxygen atoms in total. The number of anilines is 1. The highest BCUT2D eigenvalue weighted by Gasteiger charge is 2.26. The van der Waals surface area contributed by atoms with Gasteiger partial charge in [0.1, 0.15) is 0 Å². The summed E-state index contributed by atoms with van der Waals surface area (Å²) < 4.78 is 6.67. The lowest BCUT2D eigenvalue weighted by Crippen LogP contribution is -2.45. The second-order valence-corrected chi connectivity index (χ2v) is 7.30. The number of piperazine rings is 1. The zero-order chi connectivity index (χ0) is 19.5. The molecule has 4 rings (SSSR count). The molecule has 2 aliphatic heterocycles. The Labute approximate surface area is 164 Å². The van der Waals surface area contributed by atoms with Crippen molar-refractivity contribution >= 4 is 11.7 Å². The maximum absolute atomic E-state index is 12.8. The summed E-state index contributed by atoms with van der Waals surface area (Å²) in [5, 5.41) is 16.9. The number of carbonyl (C=O) groups excluding carboxylic acids is 1. The third-order valence-corrected chi connectivity index (χ3v) is 5.32. The molecular weight excluding hydrogens is 360 g/mol. The summed E-state index contributed by atoms with van der Waals surface area (Å²) in [6.45, 7) is 6.15. The Morgan fingerprint density at radius 3 is 2.75 bits per heavy atom. The molecule has 150 valence electrons. The van der Waals surface area contributed by atoms with E-state index in [1.54, 1.807) is 18.0 Å². The van der Waals surface area contributed by atoms with Gasteiger partial charge < -0.3 is 19.4 Å². The molecule has 0 bridgehead atoms. The lowest BCUT2D eigenvalue weighted by atomic mass is 10.1. The number of likely N-dealkylation sites (N-methyl/N-ethyl adjacent to an activating group) is 1. The van der Waals surface area contributed by atoms with Gasteiger partial charge in [0.05, 0.1) is 25.0 Å². The van der Waals surface area contributed by atoms with E-state index in [9.17, 15) is 4.79 Å². The van der Waals surface area contributed by atoms with E-state index in [4.69, 9.17) is 4.74 Å². The second kappa shape index (κ2) is 8.19. The standard InChI is InChI=1S/C18H26N8O2/c1-23-5-7-24(8-6-23)17-11-14-12-25(4-3-15(14)19-21-17)18(27)16-13-26(22-20-16)9-10-28-2/h11,13H,3-10,12H2,1-2H3. The van der Waals surface area contributed by atoms with Crippen LogP contribution in [0, 0.1) is 0 Å². The molecule has 1 amide bonds. The maximum atomic E-state index is 12.8. The molecule has 0 atom stereocenters. The molecule has 2 aromatic heterocycles. The summed E-state index contributed by atoms with van der Waals surface area (Å²) in [5.41, 5.74) is 2.40. The Bertz CT molecular complexity index is 831. The molecule has 0 spiro atoms. The summed E-state index contributed by atoms with van der Waals surface area (Å²) in [5.74, 6) is 0.791. The van der Waals surface area contributed by atoms with Crippen LogP contribution in [0.5, 0.6) is 0 Å². The van der Waals surface area contributed by atoms with Crippen molar-refractivity contribution in [2.45, 2.75) is 19.5 Å². The maximum Gasteiger partial charge on any atom is 0.276 e. The van der Waals surface area contributed by atoms with Crippen molar-refractivity contribution < 1.29 is 9.53 Å². The fourth-order valence-corrected chi connectivity index (χ4v) is 3.53. The van der Waals surface area contributed by atoms with E-state index in [0.29, 0.717) is 38.4 Å². The van der Waals surface area contributed by atoms with Crippen LogP contribution in [0.2, 0.25) is 0 Å². The van der Waals surface area contributed by atoms with Crippen molar-refractivity contribution in [2.24, 2.45) is 0 Å². The minimum Gasteiger partial charge on any atom is -0.383 e. The van der Waals surface area contributed by atoms with E-state index in [0.717, 1.165) is 43.3 Å². The number of aromatic nitrogens is 5. The van der Waals surface area contributed by atoms with Crippen LogP contribution in [0.1, 0.15) is 21.7 Å². The van der Waals surface area contributed by atoms with Crippen molar-refractivity contribution in [1.82, 2.24) is 35.0 Å². The van der Waals surface area contributed by atoms with Crippen LogP contribution in [0.25, 0.3) is 0 Å². The average molecular weight is 386 g/mol. The number of fused-ring (bicyclic) bond motifs is 1. The van der Waals surface area contributed by atoms with Gasteiger partial charge in [0, 0.05) is 52.8 Å². The van der Waals surface area contributed by atoms with Gasteiger partial charge >= 0.3 is 0 Å². The monoisotopic (exact) mass is 386 g/mol. The van der Waals surface area contributed by atoms with Crippen LogP contribution in [-0.4, -0.2) is 94.4 Å². The molecule has 0 N–H and O–H groups in total. The second-order valence-electron chi connectivity index (χ2n) is 7.30. The molecule has 0 aliphatic carbocycles. The number of nitrogens with zero attached hydrogens (tertiary/aromatic N) is 8. The summed E-state index contributed by atoms with van der Waals surface area (Å²) in [6, 6.07) is 2.09. The number of amides is 1. The number of ether oxygens (including phenoxy) is 1. The average Bonchev–Trinajstić information content (AvgIpc) is 3.20. The van der Waals surface area contributed by atoms with E-state index >= 15 is 0 Å². The first-order valence-electron chi connectivity index (χ1n) is 9.61. The fraction of sp³-hybridized carbons (Fsp3) is 0.611. The largest absolute Gasteiger partial charge is 0.383 e. The summed E-state index contributed by atoms with van der Waals surface area (Å²) in [4.78, 5) is 19.2. The number of rotatable bonds is 5. The lowest BCUT2D eigenvalue weighted by molar-refractivity contribution is 0.0727. The van der Waals surface area contributed by atoms with Crippen LogP contribution in [0.15, 0.2) is 12.3 Å². The molecule has 2 aliphatic rings. The third kappa shape index (κ3) is 3.97. The van der Waals surface area contributed by atoms with Crippen molar-refractivity contribution in [3.05, 3.63) is 29.2 Å². The van der Waals surface area contributed by atoms with E-state index < -0.39 is 0 Å². The van der Waals surface area contributed by atoms with Crippen molar-refractivity contribution in [3.8, 4) is 0 Å². The number of methoxy groups -OCH3 is 1. The zero-order valence-electron chi connectivity index (χ0n) is 16.4. The molecule has 0 unspecified atom stereocenters. The first kappa shape index (κ1) is 18.8. The first-order valence-corrected chi connectivity index (χ1v) is 9.61. The molecule has 28 heavy (non-hydrogen) atoms. The number of hydrogen-bond donors (Lipinski definition) is 0. The molecule has 1 saturated heterocycles. The number of hydrogen-bond acceptors (Lipinski definition) is 8. The van der Waals surface area contributed by atoms with E-state index in [1.165, 1.54) is 0 Å². The smallest absolute Gasteiger partial charge is 0.276 e. The Morgan fingerprint density at radius 1 is 1.14 bits per heavy atom. The van der Waals surface area contributed by atoms with Gasteiger partial charge in [-0.05, 0) is 18.7 Å². The number of carbonyl (C=O) groups is 1. The molecular formula is C18H26N8O2. The molecule has 0 saturated carbocycles. The van der Waals surface area contributed by atoms with Gasteiger partial charge in [-0.1, -0.05) is 5.21 Å². The predicted molar refractivity (Wildman–Crippen MR) is 102 cm³/mol. The minimum absolute atomic E-state index is 0.104. The van der Waals surface area contributed by atoms with Gasteiger partial charge in [-0.2, -0.15) is 5.10 Å². The van der Waals surface area contributed by atoms with Gasteiger partial charge in [-0.3, -0.25) is 4.79 Å². The Balaban J connectivity index is 1.45. The van der Waals surface area contributed by atoms with E-state index in [2.05, 4.69) is 43.4 Å². The first-order chi connectivity index (χ1) is 13.6. The van der Waals surface area contributed by atoms with Crippen molar-refractivity contribution in [3.63, 3.8) is 0 Å². The molecule has 4 heterocycles. The molecule has 10 heteroatoms. The third-order valence-electron chi connectivity index (χ3n) is 5.32. The van der Waals surface area contributed by atoms with Gasteiger partial charge in [0.15, 0.2) is 11.5 Å². The Morgan fingerprint density at radius 2 is 1.96 bits per heavy atom. The van der Waals surface area contributed by atoms with Gasteiger partial charge in [-0.25, -0.2) is 4.68 Å². The topological polar surface area (TPSA) is 92.5 Å². The molecule has 0 radical (unpaired) electrons. The normalized spacial score (nSPS) is 17.6. The van der Waals surface area contributed by atoms with E-state index in [-0.39, 0.29) is 5.91 Å². The van der Waals surface area contributed by atoms with Gasteiger partial charge in [-0.15, -0.1) is 10.2 Å². The van der Waals surface area contributed by atoms with Crippen LogP contribution >= 0.6 is 0 Å². The van der Waals surface area contributed by atoms with Crippen LogP contribution in [0.4, 0.5) is 5.82 Å². The van der Waals surface area contributed by atoms with E-state index in [1.807, 2.05) is 4.90 Å². The minimum atomic E-state index is -0.104. The highest BCUT2D eigenvalue weighted by molar-refractivity contribution is 5.92. The molecule has 0 aromatic carbocycles. The summed E-state index contributed by atoms with van der Waals surface area (Å²) in [6.07, 6.45) is 2.38. The van der Waals surface area contributed by atoms with Crippen LogP contribution in [-0.2, 0) is 24.2 Å². The SMILES string of the molecule is COCCn1cc(C(=O)N2CCc3nnc(N4CCN(C)CC4)cc3C2)nn1. The van der Waals surface area contributed by atoms with Gasteiger partial charge in [0.2, 0.25) is 0 Å². The molecule has 2 aromatic rings. The fourth-order valence-electron chi connectivity index (χ4n) is 3.53. The predicted octanol–water partition coefficient (Wildman–Crippen LogP) is -0.335. The molecule has 1 fully saturated rings. The summed E-state index contributed by atoms with van der Waals surface area (Å²) in [7, 11) is 3.76. The Kier molecular flexibility index (Phi) is 5.49. The van der Waals surface area contributed by atoms with Crippen molar-refractivity contribution in [2.75, 3.05) is 58.4 Å².